The van der Waals surface area contributed by atoms with Crippen LogP contribution in [0.2, 0.25) is 0 Å². The van der Waals surface area contributed by atoms with Crippen molar-refractivity contribution in [3.8, 4) is 0 Å². The lowest BCUT2D eigenvalue weighted by Crippen LogP contribution is -2.43. The van der Waals surface area contributed by atoms with Crippen molar-refractivity contribution in [2.24, 2.45) is 0 Å². The molecule has 0 fully saturated rings. The third-order valence-electron chi connectivity index (χ3n) is 10.3. The zero-order valence-corrected chi connectivity index (χ0v) is 37.3. The van der Waals surface area contributed by atoms with E-state index in [1.807, 2.05) is 0 Å². The summed E-state index contributed by atoms with van der Waals surface area (Å²) in [6.07, 6.45) is 40.8. The Balaban J connectivity index is 3.86. The van der Waals surface area contributed by atoms with Crippen molar-refractivity contribution in [2.75, 3.05) is 19.8 Å². The van der Waals surface area contributed by atoms with Crippen LogP contribution in [-0.2, 0) is 32.7 Å². The number of carboxylic acid groups (broad SMARTS) is 1. The van der Waals surface area contributed by atoms with Crippen LogP contribution in [0.15, 0.2) is 12.2 Å². The van der Waals surface area contributed by atoms with E-state index in [0.29, 0.717) is 12.8 Å². The van der Waals surface area contributed by atoms with Crippen molar-refractivity contribution in [2.45, 2.75) is 238 Å². The molecule has 336 valence electrons. The Bertz CT molecular complexity index is 1030. The number of ether oxygens (including phenoxy) is 1. The molecule has 0 heterocycles. The lowest BCUT2D eigenvalue weighted by Gasteiger charge is -2.18. The van der Waals surface area contributed by atoms with Crippen LogP contribution < -0.4 is 5.32 Å². The van der Waals surface area contributed by atoms with Gasteiger partial charge in [0.25, 0.3) is 0 Å². The predicted octanol–water partition coefficient (Wildman–Crippen LogP) is 12.1. The smallest absolute Gasteiger partial charge is 0.472 e. The number of carboxylic acids is 1. The molecule has 0 aromatic rings. The van der Waals surface area contributed by atoms with E-state index in [2.05, 4.69) is 31.3 Å². The van der Waals surface area contributed by atoms with Crippen LogP contribution in [0.1, 0.15) is 226 Å². The molecule has 0 aliphatic carbocycles. The van der Waals surface area contributed by atoms with Crippen molar-refractivity contribution in [3.63, 3.8) is 0 Å². The van der Waals surface area contributed by atoms with Gasteiger partial charge in [0.05, 0.1) is 13.2 Å². The van der Waals surface area contributed by atoms with Crippen molar-refractivity contribution in [1.29, 1.82) is 0 Å². The zero-order valence-electron chi connectivity index (χ0n) is 36.4. The van der Waals surface area contributed by atoms with Gasteiger partial charge in [0.15, 0.2) is 6.04 Å². The summed E-state index contributed by atoms with van der Waals surface area (Å²) in [4.78, 5) is 46.0. The lowest BCUT2D eigenvalue weighted by molar-refractivity contribution is -0.147. The molecule has 0 aliphatic heterocycles. The van der Waals surface area contributed by atoms with E-state index in [4.69, 9.17) is 13.8 Å². The average molecular weight is 832 g/mol. The quantitative estimate of drug-likeness (QED) is 0.0201. The van der Waals surface area contributed by atoms with Gasteiger partial charge in [-0.05, 0) is 38.5 Å². The van der Waals surface area contributed by atoms with Gasteiger partial charge in [0.1, 0.15) is 12.7 Å². The van der Waals surface area contributed by atoms with Gasteiger partial charge >= 0.3 is 19.8 Å². The van der Waals surface area contributed by atoms with E-state index in [1.54, 1.807) is 0 Å². The van der Waals surface area contributed by atoms with Crippen LogP contribution in [-0.4, -0.2) is 64.9 Å². The highest BCUT2D eigenvalue weighted by molar-refractivity contribution is 7.47. The molecule has 4 N–H and O–H groups in total. The molecule has 12 heteroatoms. The molecule has 0 saturated carbocycles. The maximum Gasteiger partial charge on any atom is 0.472 e. The standard InChI is InChI=1S/C45H86NO10P/c1-3-5-7-9-11-13-15-17-19-21-22-24-26-28-30-32-34-36-43(48)46-42(45(50)51)40-56-57(52,53)55-39-41(47)38-54-44(49)37-35-33-31-29-27-25-23-20-18-16-14-12-10-8-6-4-2/h17,19,41-42,47H,3-16,18,20-40H2,1-2H3,(H,46,48)(H,50,51)(H,52,53)/b19-17-. The van der Waals surface area contributed by atoms with Crippen LogP contribution in [0.3, 0.4) is 0 Å². The van der Waals surface area contributed by atoms with E-state index in [1.165, 1.54) is 135 Å². The first-order valence-electron chi connectivity index (χ1n) is 23.2. The Morgan fingerprint density at radius 3 is 1.33 bits per heavy atom. The summed E-state index contributed by atoms with van der Waals surface area (Å²) in [5.74, 6) is -2.36. The minimum absolute atomic E-state index is 0.144. The van der Waals surface area contributed by atoms with Gasteiger partial charge in [-0.3, -0.25) is 18.6 Å². The molecular weight excluding hydrogens is 745 g/mol. The molecule has 0 aromatic carbocycles. The van der Waals surface area contributed by atoms with Crippen molar-refractivity contribution in [3.05, 3.63) is 12.2 Å². The SMILES string of the molecule is CCCCCCCC/C=C\CCCCCCCCCC(=O)NC(COP(=O)(O)OCC(O)COC(=O)CCCCCCCCCCCCCCCCCC)C(=O)O. The highest BCUT2D eigenvalue weighted by Crippen LogP contribution is 2.43. The van der Waals surface area contributed by atoms with E-state index >= 15 is 0 Å². The highest BCUT2D eigenvalue weighted by atomic mass is 31.2. The monoisotopic (exact) mass is 832 g/mol. The number of hydrogen-bond donors (Lipinski definition) is 4. The topological polar surface area (TPSA) is 169 Å². The van der Waals surface area contributed by atoms with Gasteiger partial charge in [-0.25, -0.2) is 9.36 Å². The van der Waals surface area contributed by atoms with E-state index in [9.17, 15) is 34.1 Å². The molecule has 0 aromatic heterocycles. The number of aliphatic carboxylic acids is 1. The maximum atomic E-state index is 12.3. The molecule has 0 radical (unpaired) electrons. The number of amides is 1. The normalized spacial score (nSPS) is 13.8. The second kappa shape index (κ2) is 41.0. The Labute approximate surface area is 347 Å². The summed E-state index contributed by atoms with van der Waals surface area (Å²) < 4.78 is 26.9. The second-order valence-electron chi connectivity index (χ2n) is 15.9. The number of aliphatic hydroxyl groups excluding tert-OH is 1. The molecule has 0 saturated heterocycles. The minimum atomic E-state index is -4.75. The van der Waals surface area contributed by atoms with Crippen molar-refractivity contribution >= 4 is 25.7 Å². The van der Waals surface area contributed by atoms with Crippen LogP contribution >= 0.6 is 7.82 Å². The van der Waals surface area contributed by atoms with E-state index in [-0.39, 0.29) is 12.8 Å². The molecule has 1 amide bonds. The highest BCUT2D eigenvalue weighted by Gasteiger charge is 2.28. The van der Waals surface area contributed by atoms with Crippen LogP contribution in [0, 0.1) is 0 Å². The van der Waals surface area contributed by atoms with E-state index < -0.39 is 57.6 Å². The van der Waals surface area contributed by atoms with Gasteiger partial charge in [-0.15, -0.1) is 0 Å². The minimum Gasteiger partial charge on any atom is -0.480 e. The van der Waals surface area contributed by atoms with Gasteiger partial charge in [0.2, 0.25) is 5.91 Å². The summed E-state index contributed by atoms with van der Waals surface area (Å²) in [6, 6.07) is -1.54. The summed E-state index contributed by atoms with van der Waals surface area (Å²) in [5.41, 5.74) is 0. The Hall–Kier alpha value is -1.78. The first kappa shape index (κ1) is 55.2. The Kier molecular flexibility index (Phi) is 39.7. The van der Waals surface area contributed by atoms with Crippen molar-refractivity contribution < 1.29 is 47.8 Å². The number of nitrogens with one attached hydrogen (secondary N) is 1. The summed E-state index contributed by atoms with van der Waals surface area (Å²) in [6.45, 7) is 2.62. The van der Waals surface area contributed by atoms with Gasteiger partial charge in [-0.2, -0.15) is 0 Å². The van der Waals surface area contributed by atoms with Crippen LogP contribution in [0.5, 0.6) is 0 Å². The number of carbonyl (C=O) groups is 3. The Morgan fingerprint density at radius 1 is 0.544 bits per heavy atom. The number of phosphoric ester groups is 1. The van der Waals surface area contributed by atoms with Gasteiger partial charge < -0.3 is 25.2 Å². The largest absolute Gasteiger partial charge is 0.480 e. The number of aliphatic hydroxyl groups is 1. The van der Waals surface area contributed by atoms with Gasteiger partial charge in [-0.1, -0.05) is 187 Å². The number of esters is 1. The summed E-state index contributed by atoms with van der Waals surface area (Å²) in [5, 5.41) is 21.9. The molecule has 11 nitrogen and oxygen atoms in total. The fraction of sp³-hybridized carbons (Fsp3) is 0.889. The fourth-order valence-corrected chi connectivity index (χ4v) is 7.44. The zero-order chi connectivity index (χ0) is 42.1. The number of phosphoric acid groups is 1. The molecule has 0 aliphatic rings. The number of allylic oxidation sites excluding steroid dienone is 2. The third-order valence-corrected chi connectivity index (χ3v) is 11.3. The predicted molar refractivity (Wildman–Crippen MR) is 231 cm³/mol. The lowest BCUT2D eigenvalue weighted by atomic mass is 10.0. The number of rotatable bonds is 44. The van der Waals surface area contributed by atoms with Crippen molar-refractivity contribution in [1.82, 2.24) is 5.32 Å². The second-order valence-corrected chi connectivity index (χ2v) is 17.4. The number of hydrogen-bond acceptors (Lipinski definition) is 8. The van der Waals surface area contributed by atoms with Gasteiger partial charge in [0, 0.05) is 12.8 Å². The maximum absolute atomic E-state index is 12.3. The molecule has 3 unspecified atom stereocenters. The van der Waals surface area contributed by atoms with Crippen LogP contribution in [0.4, 0.5) is 0 Å². The molecule has 0 rings (SSSR count). The Morgan fingerprint density at radius 2 is 0.912 bits per heavy atom. The number of unbranched alkanes of at least 4 members (excludes halogenated alkanes) is 28. The summed E-state index contributed by atoms with van der Waals surface area (Å²) in [7, 11) is -4.75. The molecule has 57 heavy (non-hydrogen) atoms. The van der Waals surface area contributed by atoms with E-state index in [0.717, 1.165) is 51.4 Å². The number of carbonyl (C=O) groups excluding carboxylic acids is 2. The summed E-state index contributed by atoms with van der Waals surface area (Å²) >= 11 is 0. The first-order chi connectivity index (χ1) is 27.6. The first-order valence-corrected chi connectivity index (χ1v) is 24.7. The molecule has 0 bridgehead atoms. The third kappa shape index (κ3) is 40.8. The molecule has 0 spiro atoms. The molecular formula is C45H86NO10P. The molecule has 3 atom stereocenters. The van der Waals surface area contributed by atoms with Crippen LogP contribution in [0.25, 0.3) is 0 Å². The average Bonchev–Trinajstić information content (AvgIpc) is 3.18. The fourth-order valence-electron chi connectivity index (χ4n) is 6.66.